The Morgan fingerprint density at radius 1 is 1.28 bits per heavy atom. The second-order valence-corrected chi connectivity index (χ2v) is 6.90. The number of nitrogens with one attached hydrogen (secondary N) is 3. The number of aromatic nitrogens is 1. The molecule has 0 bridgehead atoms. The molecule has 158 valence electrons. The highest BCUT2D eigenvalue weighted by molar-refractivity contribution is 5.94. The predicted molar refractivity (Wildman–Crippen MR) is 116 cm³/mol. The van der Waals surface area contributed by atoms with Crippen molar-refractivity contribution in [3.05, 3.63) is 65.1 Å². The topological polar surface area (TPSA) is 86.3 Å². The van der Waals surface area contributed by atoms with Crippen LogP contribution in [0, 0.1) is 6.92 Å². The molecule has 1 aliphatic heterocycles. The van der Waals surface area contributed by atoms with E-state index >= 15 is 0 Å². The van der Waals surface area contributed by atoms with E-state index in [4.69, 9.17) is 5.21 Å². The third-order valence-corrected chi connectivity index (χ3v) is 4.70. The van der Waals surface area contributed by atoms with Gasteiger partial charge in [-0.15, -0.1) is 24.8 Å². The van der Waals surface area contributed by atoms with Crippen LogP contribution in [-0.2, 0) is 11.2 Å². The van der Waals surface area contributed by atoms with Crippen LogP contribution in [0.1, 0.15) is 23.1 Å². The van der Waals surface area contributed by atoms with Crippen LogP contribution in [0.5, 0.6) is 0 Å². The molecule has 1 atom stereocenters. The van der Waals surface area contributed by atoms with Crippen LogP contribution in [0.25, 0.3) is 6.08 Å². The monoisotopic (exact) mass is 442 g/mol. The van der Waals surface area contributed by atoms with E-state index in [0.717, 1.165) is 32.0 Å². The highest BCUT2D eigenvalue weighted by Crippen LogP contribution is 2.25. The molecular weight excluding hydrogens is 418 g/mol. The molecule has 6 nitrogen and oxygen atoms in total. The molecule has 1 aromatic carbocycles. The van der Waals surface area contributed by atoms with Gasteiger partial charge in [0.2, 0.25) is 0 Å². The number of rotatable bonds is 6. The zero-order valence-corrected chi connectivity index (χ0v) is 17.6. The summed E-state index contributed by atoms with van der Waals surface area (Å²) in [4.78, 5) is 15.3. The molecule has 29 heavy (non-hydrogen) atoms. The lowest BCUT2D eigenvalue weighted by molar-refractivity contribution is -0.126. The van der Waals surface area contributed by atoms with Gasteiger partial charge < -0.3 is 10.6 Å². The molecule has 1 fully saturated rings. The van der Waals surface area contributed by atoms with Gasteiger partial charge in [-0.3, -0.25) is 10.0 Å². The molecule has 1 aromatic heterocycles. The van der Waals surface area contributed by atoms with E-state index in [9.17, 15) is 9.18 Å². The Kier molecular flexibility index (Phi) is 9.52. The van der Waals surface area contributed by atoms with E-state index in [-0.39, 0.29) is 30.4 Å². The summed E-state index contributed by atoms with van der Waals surface area (Å²) in [5.41, 5.74) is 4.04. The summed E-state index contributed by atoms with van der Waals surface area (Å²) < 4.78 is 13.5. The molecule has 0 saturated carbocycles. The summed E-state index contributed by atoms with van der Waals surface area (Å²) >= 11 is 0. The number of aryl methyl sites for hydroxylation is 1. The van der Waals surface area contributed by atoms with Crippen LogP contribution in [0.4, 0.5) is 10.2 Å². The highest BCUT2D eigenvalue weighted by atomic mass is 35.5. The molecule has 2 heterocycles. The van der Waals surface area contributed by atoms with Crippen molar-refractivity contribution in [2.45, 2.75) is 25.3 Å². The minimum absolute atomic E-state index is 0. The predicted octanol–water partition coefficient (Wildman–Crippen LogP) is 3.44. The second-order valence-electron chi connectivity index (χ2n) is 6.90. The summed E-state index contributed by atoms with van der Waals surface area (Å²) in [6.07, 6.45) is 4.33. The lowest BCUT2D eigenvalue weighted by atomic mass is 9.89. The van der Waals surface area contributed by atoms with Gasteiger partial charge in [-0.1, -0.05) is 29.8 Å². The van der Waals surface area contributed by atoms with Gasteiger partial charge in [0, 0.05) is 12.7 Å². The molecular formula is C20H25Cl2FN4O2. The number of carbonyl (C=O) groups is 1. The van der Waals surface area contributed by atoms with E-state index in [0.29, 0.717) is 11.4 Å². The first-order valence-electron chi connectivity index (χ1n) is 8.82. The number of hydrogen-bond acceptors (Lipinski definition) is 5. The molecule has 3 rings (SSSR count). The van der Waals surface area contributed by atoms with E-state index in [1.807, 2.05) is 0 Å². The van der Waals surface area contributed by atoms with Crippen molar-refractivity contribution in [2.75, 3.05) is 18.4 Å². The Balaban J connectivity index is 0.00000210. The molecule has 0 spiro atoms. The first-order valence-corrected chi connectivity index (χ1v) is 8.82. The minimum Gasteiger partial charge on any atom is -0.363 e. The first kappa shape index (κ1) is 24.8. The van der Waals surface area contributed by atoms with E-state index < -0.39 is 11.7 Å². The average Bonchev–Trinajstić information content (AvgIpc) is 3.12. The van der Waals surface area contributed by atoms with Crippen LogP contribution in [-0.4, -0.2) is 34.7 Å². The Labute approximate surface area is 181 Å². The Morgan fingerprint density at radius 3 is 2.55 bits per heavy atom. The van der Waals surface area contributed by atoms with Crippen molar-refractivity contribution in [1.82, 2.24) is 15.8 Å². The Morgan fingerprint density at radius 2 is 2.00 bits per heavy atom. The van der Waals surface area contributed by atoms with Gasteiger partial charge in [0.15, 0.2) is 5.83 Å². The van der Waals surface area contributed by atoms with Crippen molar-refractivity contribution < 1.29 is 14.4 Å². The average molecular weight is 443 g/mol. The number of benzene rings is 1. The summed E-state index contributed by atoms with van der Waals surface area (Å²) in [6.45, 7) is 3.83. The fraction of sp³-hybridized carbons (Fsp3) is 0.300. The number of nitrogens with zero attached hydrogens (tertiary/aromatic N) is 1. The standard InChI is InChI=1S/C20H23FN4O2.2ClH/c1-14-2-4-15(5-3-14)11-20(8-9-22-13-20)24-18-7-6-16(12-23-18)10-17(21)19(26)25-27;;/h2-7,10,12,22,27H,8-9,11,13H2,1H3,(H,23,24)(H,25,26);2*1H/b17-10-;;/t20-;;/m0../s1. The smallest absolute Gasteiger partial charge is 0.303 e. The maximum Gasteiger partial charge on any atom is 0.303 e. The summed E-state index contributed by atoms with van der Waals surface area (Å²) in [6, 6.07) is 11.9. The molecule has 0 aliphatic carbocycles. The number of amides is 1. The fourth-order valence-electron chi connectivity index (χ4n) is 3.24. The Bertz CT molecular complexity index is 823. The first-order chi connectivity index (χ1) is 13.0. The molecule has 1 amide bonds. The van der Waals surface area contributed by atoms with Crippen LogP contribution >= 0.6 is 24.8 Å². The lowest BCUT2D eigenvalue weighted by Crippen LogP contribution is -2.43. The fourth-order valence-corrected chi connectivity index (χ4v) is 3.24. The van der Waals surface area contributed by atoms with Crippen LogP contribution in [0.15, 0.2) is 48.4 Å². The third-order valence-electron chi connectivity index (χ3n) is 4.70. The molecule has 1 saturated heterocycles. The zero-order valence-electron chi connectivity index (χ0n) is 15.9. The van der Waals surface area contributed by atoms with E-state index in [2.05, 4.69) is 46.8 Å². The van der Waals surface area contributed by atoms with Crippen molar-refractivity contribution >= 4 is 42.6 Å². The van der Waals surface area contributed by atoms with E-state index in [1.165, 1.54) is 22.8 Å². The highest BCUT2D eigenvalue weighted by Gasteiger charge is 2.34. The van der Waals surface area contributed by atoms with Crippen molar-refractivity contribution in [1.29, 1.82) is 0 Å². The molecule has 0 radical (unpaired) electrons. The summed E-state index contributed by atoms with van der Waals surface area (Å²) in [5.74, 6) is -1.59. The summed E-state index contributed by atoms with van der Waals surface area (Å²) in [5, 5.41) is 15.4. The number of anilines is 1. The van der Waals surface area contributed by atoms with Gasteiger partial charge in [0.05, 0.1) is 5.54 Å². The van der Waals surface area contributed by atoms with Crippen molar-refractivity contribution in [3.63, 3.8) is 0 Å². The molecule has 2 aromatic rings. The largest absolute Gasteiger partial charge is 0.363 e. The molecule has 1 aliphatic rings. The quantitative estimate of drug-likeness (QED) is 0.312. The van der Waals surface area contributed by atoms with Crippen molar-refractivity contribution in [2.24, 2.45) is 0 Å². The third kappa shape index (κ3) is 6.68. The normalized spacial score (nSPS) is 18.4. The van der Waals surface area contributed by atoms with Crippen molar-refractivity contribution in [3.8, 4) is 0 Å². The second kappa shape index (κ2) is 11.1. The van der Waals surface area contributed by atoms with Crippen LogP contribution in [0.3, 0.4) is 0 Å². The van der Waals surface area contributed by atoms with E-state index in [1.54, 1.807) is 12.1 Å². The Hall–Kier alpha value is -2.19. The van der Waals surface area contributed by atoms with Gasteiger partial charge in [-0.05, 0) is 55.6 Å². The van der Waals surface area contributed by atoms with Gasteiger partial charge in [0.1, 0.15) is 5.82 Å². The lowest BCUT2D eigenvalue weighted by Gasteiger charge is -2.30. The van der Waals surface area contributed by atoms with Crippen LogP contribution in [0.2, 0.25) is 0 Å². The number of carbonyl (C=O) groups excluding carboxylic acids is 1. The van der Waals surface area contributed by atoms with Gasteiger partial charge in [-0.25, -0.2) is 14.9 Å². The maximum atomic E-state index is 13.5. The van der Waals surface area contributed by atoms with Crippen LogP contribution < -0.4 is 16.1 Å². The number of halogens is 3. The number of hydroxylamine groups is 1. The summed E-state index contributed by atoms with van der Waals surface area (Å²) in [7, 11) is 0. The minimum atomic E-state index is -1.19. The maximum absolute atomic E-state index is 13.5. The SMILES string of the molecule is Cc1ccc(C[C@@]2(Nc3ccc(/C=C(\F)C(=O)NO)cn3)CCNC2)cc1.Cl.Cl. The molecule has 4 N–H and O–H groups in total. The van der Waals surface area contributed by atoms with Gasteiger partial charge >= 0.3 is 5.91 Å². The zero-order chi connectivity index (χ0) is 19.3. The molecule has 9 heteroatoms. The number of pyridine rings is 1. The van der Waals surface area contributed by atoms with Gasteiger partial charge in [-0.2, -0.15) is 0 Å². The number of hydrogen-bond donors (Lipinski definition) is 4. The van der Waals surface area contributed by atoms with Gasteiger partial charge in [0.25, 0.3) is 0 Å². The molecule has 0 unspecified atom stereocenters.